The van der Waals surface area contributed by atoms with Gasteiger partial charge >= 0.3 is 5.97 Å². The van der Waals surface area contributed by atoms with Gasteiger partial charge in [0.15, 0.2) is 17.3 Å². The van der Waals surface area contributed by atoms with Crippen LogP contribution in [0.15, 0.2) is 34.9 Å². The van der Waals surface area contributed by atoms with E-state index >= 15 is 0 Å². The number of hydrogen-bond donors (Lipinski definition) is 4. The molecule has 1 fully saturated rings. The van der Waals surface area contributed by atoms with E-state index in [1.54, 1.807) is 18.2 Å². The van der Waals surface area contributed by atoms with Crippen molar-refractivity contribution < 1.29 is 32.8 Å². The summed E-state index contributed by atoms with van der Waals surface area (Å²) >= 11 is 0. The Labute approximate surface area is 198 Å². The van der Waals surface area contributed by atoms with Crippen LogP contribution >= 0.6 is 0 Å². The highest BCUT2D eigenvalue weighted by molar-refractivity contribution is 6.00. The third kappa shape index (κ3) is 4.95. The number of aliphatic carboxylic acids is 1. The van der Waals surface area contributed by atoms with Gasteiger partial charge in [-0.05, 0) is 25.0 Å². The SMILES string of the molecule is [2H]C([2H])([2H])NC(=O)c1nnc(NC(=O)C2CC2)cc1Nc1cccc(-c2ncc(CC(=O)O)o2)c1OC. The number of carboxylic acid groups (broad SMARTS) is 1. The van der Waals surface area contributed by atoms with E-state index in [0.29, 0.717) is 11.3 Å². The van der Waals surface area contributed by atoms with Gasteiger partial charge in [-0.25, -0.2) is 4.98 Å². The number of rotatable bonds is 9. The van der Waals surface area contributed by atoms with Crippen molar-refractivity contribution in [3.63, 3.8) is 0 Å². The second-order valence-corrected chi connectivity index (χ2v) is 7.42. The Morgan fingerprint density at radius 3 is 2.79 bits per heavy atom. The number of carbonyl (C=O) groups excluding carboxylic acids is 2. The lowest BCUT2D eigenvalue weighted by molar-refractivity contribution is -0.136. The van der Waals surface area contributed by atoms with Crippen LogP contribution in [0.25, 0.3) is 11.5 Å². The summed E-state index contributed by atoms with van der Waals surface area (Å²) in [4.78, 5) is 39.9. The number of nitrogens with one attached hydrogen (secondary N) is 3. The summed E-state index contributed by atoms with van der Waals surface area (Å²) in [5.74, 6) is -1.91. The first-order valence-corrected chi connectivity index (χ1v) is 10.2. The number of ether oxygens (including phenoxy) is 1. The molecule has 0 aliphatic heterocycles. The van der Waals surface area contributed by atoms with E-state index in [0.717, 1.165) is 12.8 Å². The second-order valence-electron chi connectivity index (χ2n) is 7.42. The third-order valence-electron chi connectivity index (χ3n) is 4.92. The number of anilines is 3. The van der Waals surface area contributed by atoms with Gasteiger partial charge in [-0.3, -0.25) is 14.4 Å². The normalized spacial score (nSPS) is 14.3. The van der Waals surface area contributed by atoms with Crippen molar-refractivity contribution in [1.29, 1.82) is 0 Å². The van der Waals surface area contributed by atoms with Crippen molar-refractivity contribution in [1.82, 2.24) is 20.5 Å². The number of amides is 2. The third-order valence-corrected chi connectivity index (χ3v) is 4.92. The molecule has 12 nitrogen and oxygen atoms in total. The molecule has 0 unspecified atom stereocenters. The molecule has 1 aromatic carbocycles. The Bertz CT molecular complexity index is 1350. The highest BCUT2D eigenvalue weighted by atomic mass is 16.5. The first kappa shape index (κ1) is 19.0. The molecule has 4 rings (SSSR count). The Hall–Kier alpha value is -4.48. The number of nitrogens with zero attached hydrogens (tertiary/aromatic N) is 3. The topological polar surface area (TPSA) is 169 Å². The molecule has 0 radical (unpaired) electrons. The molecule has 4 N–H and O–H groups in total. The minimum atomic E-state index is -2.77. The van der Waals surface area contributed by atoms with E-state index in [9.17, 15) is 14.4 Å². The average molecular weight is 469 g/mol. The largest absolute Gasteiger partial charge is 0.494 e. The van der Waals surface area contributed by atoms with Crippen LogP contribution in [-0.4, -0.2) is 52.2 Å². The molecule has 34 heavy (non-hydrogen) atoms. The van der Waals surface area contributed by atoms with Crippen LogP contribution in [0, 0.1) is 5.92 Å². The molecule has 2 aromatic heterocycles. The van der Waals surface area contributed by atoms with Crippen molar-refractivity contribution in [2.75, 3.05) is 24.7 Å². The average Bonchev–Trinajstić information content (AvgIpc) is 3.57. The maximum Gasteiger partial charge on any atom is 0.311 e. The van der Waals surface area contributed by atoms with Gasteiger partial charge in [0, 0.05) is 23.1 Å². The van der Waals surface area contributed by atoms with Crippen LogP contribution in [0.1, 0.15) is 33.2 Å². The van der Waals surface area contributed by atoms with E-state index < -0.39 is 18.9 Å². The van der Waals surface area contributed by atoms with Crippen LogP contribution in [0.3, 0.4) is 0 Å². The summed E-state index contributed by atoms with van der Waals surface area (Å²) in [6.07, 6.45) is 2.47. The molecular weight excluding hydrogens is 444 g/mol. The summed E-state index contributed by atoms with van der Waals surface area (Å²) in [5, 5.41) is 24.1. The Morgan fingerprint density at radius 1 is 1.26 bits per heavy atom. The van der Waals surface area contributed by atoms with Gasteiger partial charge in [0.05, 0.1) is 30.2 Å². The van der Waals surface area contributed by atoms with Crippen molar-refractivity contribution in [2.45, 2.75) is 19.3 Å². The lowest BCUT2D eigenvalue weighted by Crippen LogP contribution is -2.22. The van der Waals surface area contributed by atoms with Crippen LogP contribution in [0.5, 0.6) is 5.75 Å². The summed E-state index contributed by atoms with van der Waals surface area (Å²) in [7, 11) is 1.39. The van der Waals surface area contributed by atoms with Crippen LogP contribution in [-0.2, 0) is 16.0 Å². The van der Waals surface area contributed by atoms with Gasteiger partial charge < -0.3 is 30.2 Å². The maximum atomic E-state index is 12.7. The summed E-state index contributed by atoms with van der Waals surface area (Å²) < 4.78 is 33.0. The zero-order valence-electron chi connectivity index (χ0n) is 20.9. The van der Waals surface area contributed by atoms with Crippen molar-refractivity contribution in [2.24, 2.45) is 5.92 Å². The van der Waals surface area contributed by atoms with E-state index in [2.05, 4.69) is 25.8 Å². The maximum absolute atomic E-state index is 12.7. The zero-order chi connectivity index (χ0) is 26.7. The van der Waals surface area contributed by atoms with Gasteiger partial charge in [-0.1, -0.05) is 6.07 Å². The lowest BCUT2D eigenvalue weighted by Gasteiger charge is -2.16. The first-order valence-electron chi connectivity index (χ1n) is 11.7. The van der Waals surface area contributed by atoms with Gasteiger partial charge in [0.25, 0.3) is 5.91 Å². The summed E-state index contributed by atoms with van der Waals surface area (Å²) in [6, 6.07) is 6.23. The predicted octanol–water partition coefficient (Wildman–Crippen LogP) is 2.22. The molecule has 0 saturated heterocycles. The minimum absolute atomic E-state index is 0.0391. The monoisotopic (exact) mass is 469 g/mol. The Kier molecular flexibility index (Phi) is 5.35. The second kappa shape index (κ2) is 9.57. The number of carboxylic acids is 1. The molecule has 2 amide bonds. The van der Waals surface area contributed by atoms with Crippen LogP contribution < -0.4 is 20.7 Å². The first-order chi connectivity index (χ1) is 17.5. The fourth-order valence-electron chi connectivity index (χ4n) is 3.18. The lowest BCUT2D eigenvalue weighted by atomic mass is 10.1. The molecule has 0 spiro atoms. The fourth-order valence-corrected chi connectivity index (χ4v) is 3.18. The van der Waals surface area contributed by atoms with Crippen LogP contribution in [0.4, 0.5) is 17.2 Å². The van der Waals surface area contributed by atoms with Gasteiger partial charge in [0.2, 0.25) is 11.8 Å². The summed E-state index contributed by atoms with van der Waals surface area (Å²) in [6.45, 7) is -2.77. The smallest absolute Gasteiger partial charge is 0.311 e. The van der Waals surface area contributed by atoms with Gasteiger partial charge in [-0.2, -0.15) is 0 Å². The highest BCUT2D eigenvalue weighted by Crippen LogP contribution is 2.38. The minimum Gasteiger partial charge on any atom is -0.494 e. The molecule has 1 aliphatic rings. The fraction of sp³-hybridized carbons (Fsp3) is 0.273. The number of aromatic nitrogens is 3. The molecule has 12 heteroatoms. The molecule has 1 aliphatic carbocycles. The van der Waals surface area contributed by atoms with Gasteiger partial charge in [0.1, 0.15) is 12.2 Å². The molecule has 2 heterocycles. The zero-order valence-corrected chi connectivity index (χ0v) is 17.9. The van der Waals surface area contributed by atoms with E-state index in [4.69, 9.17) is 18.4 Å². The number of hydrogen-bond acceptors (Lipinski definition) is 9. The van der Waals surface area contributed by atoms with E-state index in [1.807, 2.05) is 5.32 Å². The molecule has 1 saturated carbocycles. The van der Waals surface area contributed by atoms with Crippen molar-refractivity contribution in [3.05, 3.63) is 41.9 Å². The number of para-hydroxylation sites is 1. The van der Waals surface area contributed by atoms with Crippen LogP contribution in [0.2, 0.25) is 0 Å². The molecule has 0 bridgehead atoms. The highest BCUT2D eigenvalue weighted by Gasteiger charge is 2.30. The molecule has 0 atom stereocenters. The predicted molar refractivity (Wildman–Crippen MR) is 120 cm³/mol. The quantitative estimate of drug-likeness (QED) is 0.364. The number of methoxy groups -OCH3 is 1. The Morgan fingerprint density at radius 2 is 2.09 bits per heavy atom. The molecule has 3 aromatic rings. The molecule has 176 valence electrons. The number of carbonyl (C=O) groups is 3. The van der Waals surface area contributed by atoms with Crippen molar-refractivity contribution in [3.8, 4) is 17.2 Å². The molecular formula is C22H22N6O6. The number of oxazole rings is 1. The summed E-state index contributed by atoms with van der Waals surface area (Å²) in [5.41, 5.74) is 0.389. The van der Waals surface area contributed by atoms with E-state index in [1.165, 1.54) is 19.4 Å². The van der Waals surface area contributed by atoms with Gasteiger partial charge in [-0.15, -0.1) is 10.2 Å². The van der Waals surface area contributed by atoms with E-state index in [-0.39, 0.29) is 52.8 Å². The standard InChI is InChI=1S/C22H22N6O6/c1-23-21(32)18-15(9-16(27-28-18)26-20(31)11-6-7-11)25-14-5-3-4-13(19(14)33-2)22-24-10-12(34-22)8-17(29)30/h3-5,9-11H,6-8H2,1-2H3,(H,23,32)(H,29,30)(H2,25,26,27,31)/i1D3. The Balaban J connectivity index is 1.70. The number of benzene rings is 1. The van der Waals surface area contributed by atoms with Crippen molar-refractivity contribution >= 4 is 35.0 Å².